The molecule has 2 aliphatic rings. The van der Waals surface area contributed by atoms with Gasteiger partial charge in [-0.2, -0.15) is 0 Å². The summed E-state index contributed by atoms with van der Waals surface area (Å²) in [4.78, 5) is 44.0. The van der Waals surface area contributed by atoms with Gasteiger partial charge in [-0.15, -0.1) is 0 Å². The van der Waals surface area contributed by atoms with Crippen molar-refractivity contribution in [3.8, 4) is 11.4 Å². The highest BCUT2D eigenvalue weighted by Gasteiger charge is 2.50. The van der Waals surface area contributed by atoms with E-state index in [-0.39, 0.29) is 25.0 Å². The van der Waals surface area contributed by atoms with E-state index in [1.807, 2.05) is 30.3 Å². The molecule has 176 valence electrons. The second-order valence-electron chi connectivity index (χ2n) is 8.83. The van der Waals surface area contributed by atoms with Crippen molar-refractivity contribution in [3.05, 3.63) is 63.4 Å². The number of para-hydroxylation sites is 1. The van der Waals surface area contributed by atoms with Gasteiger partial charge in [0.2, 0.25) is 5.60 Å². The zero-order valence-electron chi connectivity index (χ0n) is 19.1. The number of carbonyl (C=O) groups excluding carboxylic acids is 2. The summed E-state index contributed by atoms with van der Waals surface area (Å²) in [6.45, 7) is 2.56. The van der Waals surface area contributed by atoms with Gasteiger partial charge in [0.25, 0.3) is 5.56 Å². The molecule has 4 heterocycles. The molecule has 2 N–H and O–H groups in total. The molecule has 0 amide bonds. The number of hydrogen-bond acceptors (Lipinski definition) is 7. The van der Waals surface area contributed by atoms with E-state index in [1.54, 1.807) is 17.6 Å². The smallest absolute Gasteiger partial charge is 0.355 e. The van der Waals surface area contributed by atoms with Gasteiger partial charge in [-0.1, -0.05) is 31.5 Å². The van der Waals surface area contributed by atoms with Crippen LogP contribution in [0, 0.1) is 0 Å². The molecule has 8 heteroatoms. The van der Waals surface area contributed by atoms with Crippen LogP contribution >= 0.6 is 0 Å². The van der Waals surface area contributed by atoms with Crippen molar-refractivity contribution < 1.29 is 19.1 Å². The number of carbonyl (C=O) groups is 2. The van der Waals surface area contributed by atoms with E-state index in [2.05, 4.69) is 0 Å². The molecule has 8 nitrogen and oxygen atoms in total. The number of hydrogen-bond donors (Lipinski definition) is 1. The molecular formula is C26H27N3O5. The Morgan fingerprint density at radius 1 is 1.21 bits per heavy atom. The van der Waals surface area contributed by atoms with Crippen LogP contribution in [0.15, 0.2) is 41.2 Å². The van der Waals surface area contributed by atoms with E-state index in [9.17, 15) is 14.4 Å². The Morgan fingerprint density at radius 2 is 2.03 bits per heavy atom. The van der Waals surface area contributed by atoms with E-state index in [0.717, 1.165) is 29.3 Å². The first-order valence-electron chi connectivity index (χ1n) is 11.7. The maximum atomic E-state index is 13.5. The maximum Gasteiger partial charge on any atom is 0.355 e. The second-order valence-corrected chi connectivity index (χ2v) is 8.83. The molecule has 0 fully saturated rings. The van der Waals surface area contributed by atoms with Crippen molar-refractivity contribution in [1.29, 1.82) is 0 Å². The lowest BCUT2D eigenvalue weighted by atomic mass is 9.85. The van der Waals surface area contributed by atoms with Gasteiger partial charge >= 0.3 is 11.9 Å². The Bertz CT molecular complexity index is 1360. The van der Waals surface area contributed by atoms with Crippen molar-refractivity contribution in [3.63, 3.8) is 0 Å². The van der Waals surface area contributed by atoms with Crippen LogP contribution in [0.3, 0.4) is 0 Å². The summed E-state index contributed by atoms with van der Waals surface area (Å²) in [5, 5.41) is 0.997. The Morgan fingerprint density at radius 3 is 2.82 bits per heavy atom. The SMILES string of the molecule is CCC1(OC(=O)CCCCCN)C(=O)OCc2c1cc1n(c2=O)Cc2cc3ccccc3nc2-1. The highest BCUT2D eigenvalue weighted by molar-refractivity contribution is 5.88. The molecule has 2 aromatic heterocycles. The lowest BCUT2D eigenvalue weighted by Crippen LogP contribution is -2.47. The molecule has 2 aliphatic heterocycles. The van der Waals surface area contributed by atoms with Crippen molar-refractivity contribution in [2.75, 3.05) is 6.54 Å². The normalized spacial score (nSPS) is 18.2. The summed E-state index contributed by atoms with van der Waals surface area (Å²) in [6.07, 6.45) is 2.58. The van der Waals surface area contributed by atoms with Gasteiger partial charge in [0, 0.05) is 22.9 Å². The Kier molecular flexibility index (Phi) is 5.69. The third-order valence-electron chi connectivity index (χ3n) is 6.76. The Balaban J connectivity index is 1.59. The lowest BCUT2D eigenvalue weighted by molar-refractivity contribution is -0.189. The molecular weight excluding hydrogens is 434 g/mol. The minimum absolute atomic E-state index is 0.144. The van der Waals surface area contributed by atoms with E-state index in [1.165, 1.54) is 0 Å². The van der Waals surface area contributed by atoms with Crippen LogP contribution in [0.25, 0.3) is 22.3 Å². The Hall–Kier alpha value is -3.52. The zero-order chi connectivity index (χ0) is 23.9. The zero-order valence-corrected chi connectivity index (χ0v) is 19.1. The largest absolute Gasteiger partial charge is 0.457 e. The molecule has 34 heavy (non-hydrogen) atoms. The third kappa shape index (κ3) is 3.49. The van der Waals surface area contributed by atoms with E-state index in [4.69, 9.17) is 20.2 Å². The fourth-order valence-corrected chi connectivity index (χ4v) is 4.92. The Labute approximate surface area is 196 Å². The molecule has 0 saturated carbocycles. The summed E-state index contributed by atoms with van der Waals surface area (Å²) in [7, 11) is 0. The first-order chi connectivity index (χ1) is 16.5. The molecule has 0 saturated heterocycles. The number of esters is 2. The number of fused-ring (bicyclic) bond motifs is 5. The van der Waals surface area contributed by atoms with Crippen molar-refractivity contribution in [2.24, 2.45) is 5.73 Å². The lowest BCUT2D eigenvalue weighted by Gasteiger charge is -2.35. The number of nitrogens with two attached hydrogens (primary N) is 1. The van der Waals surface area contributed by atoms with Crippen molar-refractivity contribution in [1.82, 2.24) is 9.55 Å². The minimum atomic E-state index is -1.65. The topological polar surface area (TPSA) is 114 Å². The number of benzene rings is 1. The van der Waals surface area contributed by atoms with Crippen molar-refractivity contribution in [2.45, 2.75) is 57.8 Å². The molecule has 0 aliphatic carbocycles. The fourth-order valence-electron chi connectivity index (χ4n) is 4.92. The highest BCUT2D eigenvalue weighted by Crippen LogP contribution is 2.41. The molecule has 0 spiro atoms. The summed E-state index contributed by atoms with van der Waals surface area (Å²) >= 11 is 0. The fraction of sp³-hybridized carbons (Fsp3) is 0.385. The average molecular weight is 462 g/mol. The molecule has 0 bridgehead atoms. The first kappa shape index (κ1) is 22.3. The van der Waals surface area contributed by atoms with Crippen LogP contribution in [0.2, 0.25) is 0 Å². The van der Waals surface area contributed by atoms with Gasteiger partial charge < -0.3 is 19.8 Å². The van der Waals surface area contributed by atoms with Gasteiger partial charge in [-0.25, -0.2) is 9.78 Å². The van der Waals surface area contributed by atoms with E-state index in [0.29, 0.717) is 42.0 Å². The number of aromatic nitrogens is 2. The van der Waals surface area contributed by atoms with Crippen LogP contribution in [-0.4, -0.2) is 28.0 Å². The summed E-state index contributed by atoms with van der Waals surface area (Å²) < 4.78 is 12.8. The second kappa shape index (κ2) is 8.68. The number of ether oxygens (including phenoxy) is 2. The number of nitrogens with zero attached hydrogens (tertiary/aromatic N) is 2. The van der Waals surface area contributed by atoms with E-state index < -0.39 is 17.5 Å². The van der Waals surface area contributed by atoms with Gasteiger partial charge in [0.15, 0.2) is 0 Å². The first-order valence-corrected chi connectivity index (χ1v) is 11.7. The maximum absolute atomic E-state index is 13.5. The highest BCUT2D eigenvalue weighted by atomic mass is 16.6. The van der Waals surface area contributed by atoms with Gasteiger partial charge in [-0.3, -0.25) is 9.59 Å². The van der Waals surface area contributed by atoms with Gasteiger partial charge in [-0.05, 0) is 44.0 Å². The molecule has 1 atom stereocenters. The van der Waals surface area contributed by atoms with Crippen LogP contribution in [0.5, 0.6) is 0 Å². The summed E-state index contributed by atoms with van der Waals surface area (Å²) in [6, 6.07) is 11.6. The summed E-state index contributed by atoms with van der Waals surface area (Å²) in [5.74, 6) is -1.14. The predicted molar refractivity (Wildman–Crippen MR) is 126 cm³/mol. The molecule has 1 unspecified atom stereocenters. The number of rotatable bonds is 7. The van der Waals surface area contributed by atoms with Crippen LogP contribution < -0.4 is 11.3 Å². The van der Waals surface area contributed by atoms with Crippen LogP contribution in [0.1, 0.15) is 55.7 Å². The number of cyclic esters (lactones) is 1. The molecule has 0 radical (unpaired) electrons. The standard InChI is InChI=1S/C26H27N3O5/c1-2-26(34-22(30)10-4-3-7-11-27)19-13-21-23-17(12-16-8-5-6-9-20(16)28-23)14-29(21)24(31)18(19)15-33-25(26)32/h5-6,8-9,12-13H,2-4,7,10-11,14-15,27H2,1H3. The van der Waals surface area contributed by atoms with Crippen LogP contribution in [0.4, 0.5) is 0 Å². The monoisotopic (exact) mass is 461 g/mol. The number of unbranched alkanes of at least 4 members (excludes halogenated alkanes) is 2. The van der Waals surface area contributed by atoms with Crippen molar-refractivity contribution >= 4 is 22.8 Å². The third-order valence-corrected chi connectivity index (χ3v) is 6.76. The summed E-state index contributed by atoms with van der Waals surface area (Å²) in [5.41, 5.74) is 7.45. The minimum Gasteiger partial charge on any atom is -0.457 e. The number of pyridine rings is 2. The molecule has 1 aromatic carbocycles. The van der Waals surface area contributed by atoms with Crippen LogP contribution in [-0.2, 0) is 37.8 Å². The molecule has 3 aromatic rings. The van der Waals surface area contributed by atoms with Gasteiger partial charge in [0.1, 0.15) is 6.61 Å². The van der Waals surface area contributed by atoms with Gasteiger partial charge in [0.05, 0.1) is 29.0 Å². The average Bonchev–Trinajstić information content (AvgIpc) is 3.20. The molecule has 5 rings (SSSR count). The quantitative estimate of drug-likeness (QED) is 0.332. The van der Waals surface area contributed by atoms with E-state index >= 15 is 0 Å². The predicted octanol–water partition coefficient (Wildman–Crippen LogP) is 3.15.